The van der Waals surface area contributed by atoms with Crippen LogP contribution in [-0.2, 0) is 43.3 Å². The third kappa shape index (κ3) is 12.2. The molecule has 6 heteroatoms. The zero-order chi connectivity index (χ0) is 71.0. The van der Waals surface area contributed by atoms with E-state index in [0.717, 1.165) is 50.8 Å². The Labute approximate surface area is 591 Å². The summed E-state index contributed by atoms with van der Waals surface area (Å²) in [5.41, 5.74) is 22.2. The zero-order valence-electron chi connectivity index (χ0n) is 63.6. The summed E-state index contributed by atoms with van der Waals surface area (Å²) < 4.78 is 0. The number of benzene rings is 11. The minimum absolute atomic E-state index is 0.153. The fourth-order valence-electron chi connectivity index (χ4n) is 14.9. The van der Waals surface area contributed by atoms with E-state index < -0.39 is 0 Å². The van der Waals surface area contributed by atoms with Crippen LogP contribution in [0.25, 0.3) is 77.3 Å². The van der Waals surface area contributed by atoms with E-state index in [9.17, 15) is 0 Å². The monoisotopic (exact) mass is 1300 g/mol. The number of rotatable bonds is 5. The van der Waals surface area contributed by atoms with Gasteiger partial charge in [0.2, 0.25) is 0 Å². The summed E-state index contributed by atoms with van der Waals surface area (Å²) in [5, 5.41) is 9.84. The topological polar surface area (TPSA) is 45.2 Å². The van der Waals surface area contributed by atoms with Crippen LogP contribution in [0.3, 0.4) is 0 Å². The van der Waals surface area contributed by atoms with Gasteiger partial charge in [0, 0.05) is 50.8 Å². The molecule has 0 atom stereocenters. The second kappa shape index (κ2) is 22.8. The van der Waals surface area contributed by atoms with Crippen molar-refractivity contribution < 1.29 is 0 Å². The van der Waals surface area contributed by atoms with Crippen molar-refractivity contribution in [2.24, 2.45) is 0 Å². The first-order chi connectivity index (χ1) is 46.1. The van der Waals surface area contributed by atoms with Gasteiger partial charge in [-0.2, -0.15) is 0 Å². The quantitative estimate of drug-likeness (QED) is 0.127. The maximum absolute atomic E-state index is 5.90. The van der Waals surface area contributed by atoms with E-state index in [1.807, 2.05) is 0 Å². The minimum Gasteiger partial charge on any atom is -0.311 e. The first-order valence-electron chi connectivity index (χ1n) is 36.2. The number of hydrogen-bond acceptors (Lipinski definition) is 5. The molecule has 0 unspecified atom stereocenters. The Morgan fingerprint density at radius 3 is 0.798 bits per heavy atom. The summed E-state index contributed by atoms with van der Waals surface area (Å²) in [6.07, 6.45) is 0. The lowest BCUT2D eigenvalue weighted by Gasteiger charge is -2.45. The van der Waals surface area contributed by atoms with Gasteiger partial charge in [-0.05, 0) is 220 Å². The predicted molar refractivity (Wildman–Crippen MR) is 430 cm³/mol. The summed E-state index contributed by atoms with van der Waals surface area (Å²) >= 11 is 0. The molecule has 12 aromatic rings. The maximum Gasteiger partial charge on any atom is 0.252 e. The van der Waals surface area contributed by atoms with Crippen molar-refractivity contribution in [3.63, 3.8) is 0 Å². The minimum atomic E-state index is -0.217. The van der Waals surface area contributed by atoms with Gasteiger partial charge >= 0.3 is 0 Å². The van der Waals surface area contributed by atoms with Crippen LogP contribution in [0.1, 0.15) is 211 Å². The number of fused-ring (bicyclic) bond motifs is 10. The largest absolute Gasteiger partial charge is 0.311 e. The maximum atomic E-state index is 5.90. The molecule has 99 heavy (non-hydrogen) atoms. The number of hydrogen-bond donors (Lipinski definition) is 0. The first kappa shape index (κ1) is 67.3. The number of nitrogens with zero attached hydrogens (tertiary/aromatic N) is 5. The van der Waals surface area contributed by atoms with Crippen molar-refractivity contribution >= 4 is 100 Å². The van der Waals surface area contributed by atoms with Crippen molar-refractivity contribution in [1.29, 1.82) is 0 Å². The molecule has 0 bridgehead atoms. The summed E-state index contributed by atoms with van der Waals surface area (Å²) in [7, 11) is 0. The smallest absolute Gasteiger partial charge is 0.252 e. The molecule has 11 aromatic carbocycles. The molecule has 0 amide bonds. The lowest BCUT2D eigenvalue weighted by molar-refractivity contribution is 0.568. The van der Waals surface area contributed by atoms with Crippen molar-refractivity contribution in [3.8, 4) is 34.2 Å². The van der Waals surface area contributed by atoms with Gasteiger partial charge in [-0.3, -0.25) is 0 Å². The van der Waals surface area contributed by atoms with Crippen LogP contribution in [0.2, 0.25) is 0 Å². The van der Waals surface area contributed by atoms with Gasteiger partial charge in [0.05, 0.1) is 0 Å². The molecule has 0 N–H and O–H groups in total. The molecule has 502 valence electrons. The Balaban J connectivity index is 1.20. The van der Waals surface area contributed by atoms with Gasteiger partial charge in [0.15, 0.2) is 17.5 Å². The van der Waals surface area contributed by atoms with Crippen LogP contribution in [-0.4, -0.2) is 21.7 Å². The summed E-state index contributed by atoms with van der Waals surface area (Å²) in [4.78, 5) is 22.8. The van der Waals surface area contributed by atoms with Crippen molar-refractivity contribution in [2.45, 2.75) is 209 Å². The van der Waals surface area contributed by atoms with E-state index in [0.29, 0.717) is 17.5 Å². The van der Waals surface area contributed by atoms with E-state index in [-0.39, 0.29) is 50.0 Å². The van der Waals surface area contributed by atoms with Crippen LogP contribution in [0.15, 0.2) is 182 Å². The Hall–Kier alpha value is -8.87. The molecular formula is C93H102BN5. The fraction of sp³-hybridized carbons (Fsp3) is 0.344. The highest BCUT2D eigenvalue weighted by molar-refractivity contribution is 7.00. The van der Waals surface area contributed by atoms with Gasteiger partial charge in [-0.1, -0.05) is 275 Å². The average molecular weight is 1300 g/mol. The lowest BCUT2D eigenvalue weighted by Crippen LogP contribution is -2.61. The Kier molecular flexibility index (Phi) is 15.5. The zero-order valence-corrected chi connectivity index (χ0v) is 63.6. The van der Waals surface area contributed by atoms with Crippen LogP contribution in [0.5, 0.6) is 0 Å². The standard InChI is InChI=1S/C93H102BN5/c1-86(2,3)62-37-59(38-63(45-62)87(4,5)6)83-95-84(60-39-64(88(7,8)9)46-65(40-60)89(10,11)12)97-85(96-83)61-43-80-82-81(44-61)99(71-51-68(92(19,20)21)48-69(52-71)93(22,23)24)79-42-58-36-34-56-30-26-28-32-73(56)75(58)54-77(79)94(82)76-53-74-57(35-33-55-29-25-27-31-72(55)74)41-78(76)98(80)70-49-66(90(13,14)15)47-67(50-70)91(16,17)18/h25-54H,1-24H3. The molecule has 0 saturated carbocycles. The molecule has 5 nitrogen and oxygen atoms in total. The fourth-order valence-corrected chi connectivity index (χ4v) is 14.9. The average Bonchev–Trinajstić information content (AvgIpc) is 0.687. The molecule has 3 heterocycles. The highest BCUT2D eigenvalue weighted by atomic mass is 15.2. The molecule has 2 aliphatic heterocycles. The van der Waals surface area contributed by atoms with Gasteiger partial charge < -0.3 is 9.80 Å². The second-order valence-electron chi connectivity index (χ2n) is 37.3. The highest BCUT2D eigenvalue weighted by Crippen LogP contribution is 2.51. The Morgan fingerprint density at radius 1 is 0.242 bits per heavy atom. The van der Waals surface area contributed by atoms with Gasteiger partial charge in [0.1, 0.15) is 0 Å². The Morgan fingerprint density at radius 2 is 0.505 bits per heavy atom. The molecule has 0 spiro atoms. The molecule has 0 radical (unpaired) electrons. The van der Waals surface area contributed by atoms with Crippen molar-refractivity contribution in [1.82, 2.24) is 15.0 Å². The van der Waals surface area contributed by atoms with Gasteiger partial charge in [-0.25, -0.2) is 15.0 Å². The van der Waals surface area contributed by atoms with Crippen molar-refractivity contribution in [3.05, 3.63) is 226 Å². The normalized spacial score (nSPS) is 14.0. The molecule has 0 aliphatic carbocycles. The van der Waals surface area contributed by atoms with Crippen LogP contribution >= 0.6 is 0 Å². The predicted octanol–water partition coefficient (Wildman–Crippen LogP) is 23.9. The SMILES string of the molecule is CC(C)(C)c1cc(-c2nc(-c3cc(C(C)(C)C)cc(C(C)(C)C)c3)nc(-c3cc4c5c(c3)N(c3cc(C(C)(C)C)cc(C(C)(C)C)c3)c3cc6ccc7ccccc7c6cc3B5c3cc5c(ccc6ccccc65)cc3N4c3cc(C(C)(C)C)cc(C(C)(C)C)c3)n2)cc(C(C)(C)C)c1. The third-order valence-electron chi connectivity index (χ3n) is 21.4. The molecule has 1 aromatic heterocycles. The summed E-state index contributed by atoms with van der Waals surface area (Å²) in [5.74, 6) is 1.92. The van der Waals surface area contributed by atoms with Gasteiger partial charge in [-0.15, -0.1) is 0 Å². The lowest BCUT2D eigenvalue weighted by atomic mass is 9.33. The van der Waals surface area contributed by atoms with E-state index >= 15 is 0 Å². The highest BCUT2D eigenvalue weighted by Gasteiger charge is 2.45. The Bertz CT molecular complexity index is 4850. The molecule has 14 rings (SSSR count). The van der Waals surface area contributed by atoms with E-state index in [1.165, 1.54) is 104 Å². The van der Waals surface area contributed by atoms with Gasteiger partial charge in [0.25, 0.3) is 6.71 Å². The third-order valence-corrected chi connectivity index (χ3v) is 21.4. The van der Waals surface area contributed by atoms with E-state index in [1.54, 1.807) is 0 Å². The summed E-state index contributed by atoms with van der Waals surface area (Å²) in [6, 6.07) is 71.3. The molecule has 0 saturated heterocycles. The second-order valence-corrected chi connectivity index (χ2v) is 37.3. The van der Waals surface area contributed by atoms with Crippen LogP contribution in [0.4, 0.5) is 34.1 Å². The molecule has 2 aliphatic rings. The van der Waals surface area contributed by atoms with Crippen LogP contribution < -0.4 is 26.2 Å². The summed E-state index contributed by atoms with van der Waals surface area (Å²) in [6.45, 7) is 55.9. The van der Waals surface area contributed by atoms with E-state index in [2.05, 4.69) is 358 Å². The number of aromatic nitrogens is 3. The molecular weight excluding hydrogens is 1200 g/mol. The molecule has 0 fully saturated rings. The number of anilines is 6. The first-order valence-corrected chi connectivity index (χ1v) is 36.2. The van der Waals surface area contributed by atoms with Crippen molar-refractivity contribution in [2.75, 3.05) is 9.80 Å². The van der Waals surface area contributed by atoms with Crippen LogP contribution in [0, 0.1) is 0 Å². The van der Waals surface area contributed by atoms with E-state index in [4.69, 9.17) is 15.0 Å².